The zero-order chi connectivity index (χ0) is 26.2. The maximum absolute atomic E-state index is 14.0. The van der Waals surface area contributed by atoms with Crippen LogP contribution in [0.3, 0.4) is 0 Å². The first-order chi connectivity index (χ1) is 18.0. The van der Waals surface area contributed by atoms with Crippen molar-refractivity contribution in [2.45, 2.75) is 77.5 Å². The number of amides is 2. The summed E-state index contributed by atoms with van der Waals surface area (Å²) in [5, 5.41) is 0. The van der Waals surface area contributed by atoms with Crippen molar-refractivity contribution in [1.82, 2.24) is 14.4 Å². The van der Waals surface area contributed by atoms with E-state index in [4.69, 9.17) is 0 Å². The molecule has 1 aliphatic rings. The van der Waals surface area contributed by atoms with Crippen molar-refractivity contribution >= 4 is 27.7 Å². The quantitative estimate of drug-likeness (QED) is 0.269. The molecule has 5 nitrogen and oxygen atoms in total. The van der Waals surface area contributed by atoms with Crippen LogP contribution in [-0.2, 0) is 17.9 Å². The van der Waals surface area contributed by atoms with Crippen molar-refractivity contribution in [3.8, 4) is 0 Å². The molecule has 0 spiro atoms. The molecule has 1 fully saturated rings. The fourth-order valence-corrected chi connectivity index (χ4v) is 5.59. The number of rotatable bonds is 10. The van der Waals surface area contributed by atoms with E-state index >= 15 is 0 Å². The van der Waals surface area contributed by atoms with Crippen LogP contribution in [0.5, 0.6) is 0 Å². The molecule has 2 amide bonds. The topological polar surface area (TPSA) is 45.6 Å². The number of carbonyl (C=O) groups is 2. The summed E-state index contributed by atoms with van der Waals surface area (Å²) in [6, 6.07) is 22.2. The summed E-state index contributed by atoms with van der Waals surface area (Å²) in [5.41, 5.74) is 2.96. The zero-order valence-electron chi connectivity index (χ0n) is 22.0. The second-order valence-electron chi connectivity index (χ2n) is 10.1. The molecule has 0 radical (unpaired) electrons. The Kier molecular flexibility index (Phi) is 9.62. The number of carbonyl (C=O) groups excluding carboxylic acids is 2. The summed E-state index contributed by atoms with van der Waals surface area (Å²) < 4.78 is 3.09. The Morgan fingerprint density at radius 3 is 2.46 bits per heavy atom. The molecule has 1 aromatic heterocycles. The molecular weight excluding hydrogens is 526 g/mol. The van der Waals surface area contributed by atoms with Gasteiger partial charge in [-0.2, -0.15) is 0 Å². The van der Waals surface area contributed by atoms with E-state index in [9.17, 15) is 9.59 Å². The molecule has 196 valence electrons. The van der Waals surface area contributed by atoms with Gasteiger partial charge in [-0.3, -0.25) is 9.59 Å². The van der Waals surface area contributed by atoms with Crippen LogP contribution >= 0.6 is 15.9 Å². The van der Waals surface area contributed by atoms with Gasteiger partial charge in [-0.1, -0.05) is 78.5 Å². The lowest BCUT2D eigenvalue weighted by Crippen LogP contribution is -2.49. The second kappa shape index (κ2) is 13.1. The highest BCUT2D eigenvalue weighted by Crippen LogP contribution is 2.26. The largest absolute Gasteiger partial charge is 0.345 e. The lowest BCUT2D eigenvalue weighted by Gasteiger charge is -2.37. The standard InChI is InChI=1S/C31H38BrN3O2/c1-3-24(2)34(31(37)26-14-10-15-27(32)20-26)23-30(36)35(28-16-8-5-9-17-28)22-29-18-11-19-33(29)21-25-12-6-4-7-13-25/h4,6-7,10-15,18-20,24,28H,3,5,8-9,16-17,21-23H2,1-2H3. The second-order valence-corrected chi connectivity index (χ2v) is 11.0. The van der Waals surface area contributed by atoms with E-state index in [1.165, 1.54) is 12.0 Å². The van der Waals surface area contributed by atoms with Crippen LogP contribution in [0.4, 0.5) is 0 Å². The van der Waals surface area contributed by atoms with E-state index < -0.39 is 0 Å². The van der Waals surface area contributed by atoms with Crippen LogP contribution in [0.1, 0.15) is 74.0 Å². The number of nitrogens with zero attached hydrogens (tertiary/aromatic N) is 3. The summed E-state index contributed by atoms with van der Waals surface area (Å²) >= 11 is 3.48. The van der Waals surface area contributed by atoms with Crippen molar-refractivity contribution in [3.63, 3.8) is 0 Å². The Balaban J connectivity index is 1.57. The fourth-order valence-electron chi connectivity index (χ4n) is 5.19. The molecule has 6 heteroatoms. The highest BCUT2D eigenvalue weighted by Gasteiger charge is 2.30. The van der Waals surface area contributed by atoms with Crippen LogP contribution in [0.15, 0.2) is 77.4 Å². The van der Waals surface area contributed by atoms with Crippen molar-refractivity contribution in [1.29, 1.82) is 0 Å². The number of hydrogen-bond donors (Lipinski definition) is 0. The summed E-state index contributed by atoms with van der Waals surface area (Å²) in [7, 11) is 0. The van der Waals surface area contributed by atoms with Gasteiger partial charge in [0, 0.05) is 40.6 Å². The van der Waals surface area contributed by atoms with Crippen LogP contribution < -0.4 is 0 Å². The van der Waals surface area contributed by atoms with Gasteiger partial charge in [0.2, 0.25) is 5.91 Å². The van der Waals surface area contributed by atoms with Gasteiger partial charge in [-0.15, -0.1) is 0 Å². The van der Waals surface area contributed by atoms with E-state index in [0.29, 0.717) is 12.1 Å². The molecule has 2 aromatic carbocycles. The third kappa shape index (κ3) is 7.13. The maximum atomic E-state index is 14.0. The molecule has 1 unspecified atom stereocenters. The van der Waals surface area contributed by atoms with Crippen molar-refractivity contribution in [3.05, 3.63) is 94.2 Å². The lowest BCUT2D eigenvalue weighted by atomic mass is 9.94. The Bertz CT molecular complexity index is 1170. The molecular formula is C31H38BrN3O2. The predicted molar refractivity (Wildman–Crippen MR) is 152 cm³/mol. The average molecular weight is 565 g/mol. The highest BCUT2D eigenvalue weighted by molar-refractivity contribution is 9.10. The molecule has 37 heavy (non-hydrogen) atoms. The van der Waals surface area contributed by atoms with Crippen LogP contribution in [0.2, 0.25) is 0 Å². The van der Waals surface area contributed by atoms with Crippen molar-refractivity contribution in [2.75, 3.05) is 6.54 Å². The van der Waals surface area contributed by atoms with E-state index in [2.05, 4.69) is 74.9 Å². The third-order valence-corrected chi connectivity index (χ3v) is 8.04. The minimum atomic E-state index is -0.0972. The molecule has 1 atom stereocenters. The molecule has 1 aliphatic carbocycles. The van der Waals surface area contributed by atoms with Gasteiger partial charge in [-0.25, -0.2) is 0 Å². The summed E-state index contributed by atoms with van der Waals surface area (Å²) in [4.78, 5) is 31.3. The van der Waals surface area contributed by atoms with Gasteiger partial charge in [-0.05, 0) is 62.1 Å². The zero-order valence-corrected chi connectivity index (χ0v) is 23.6. The number of hydrogen-bond acceptors (Lipinski definition) is 2. The fraction of sp³-hybridized carbons (Fsp3) is 0.419. The minimum absolute atomic E-state index is 0.0306. The van der Waals surface area contributed by atoms with Crippen molar-refractivity contribution in [2.24, 2.45) is 0 Å². The Morgan fingerprint density at radius 1 is 1.00 bits per heavy atom. The molecule has 1 heterocycles. The van der Waals surface area contributed by atoms with Gasteiger partial charge in [0.1, 0.15) is 6.54 Å². The van der Waals surface area contributed by atoms with E-state index in [0.717, 1.165) is 48.8 Å². The van der Waals surface area contributed by atoms with E-state index in [1.54, 1.807) is 4.90 Å². The minimum Gasteiger partial charge on any atom is -0.345 e. The van der Waals surface area contributed by atoms with E-state index in [1.807, 2.05) is 37.3 Å². The molecule has 0 aliphatic heterocycles. The molecule has 1 saturated carbocycles. The van der Waals surface area contributed by atoms with Crippen molar-refractivity contribution < 1.29 is 9.59 Å². The van der Waals surface area contributed by atoms with Gasteiger partial charge in [0.15, 0.2) is 0 Å². The maximum Gasteiger partial charge on any atom is 0.254 e. The average Bonchev–Trinajstić information content (AvgIpc) is 3.36. The first-order valence-electron chi connectivity index (χ1n) is 13.5. The van der Waals surface area contributed by atoms with Crippen LogP contribution in [-0.4, -0.2) is 44.8 Å². The number of benzene rings is 2. The summed E-state index contributed by atoms with van der Waals surface area (Å²) in [6.45, 7) is 5.51. The highest BCUT2D eigenvalue weighted by atomic mass is 79.9. The number of aromatic nitrogens is 1. The Morgan fingerprint density at radius 2 is 1.76 bits per heavy atom. The van der Waals surface area contributed by atoms with Gasteiger partial charge < -0.3 is 14.4 Å². The van der Waals surface area contributed by atoms with Crippen LogP contribution in [0, 0.1) is 0 Å². The Labute approximate surface area is 229 Å². The molecule has 0 saturated heterocycles. The van der Waals surface area contributed by atoms with Gasteiger partial charge in [0.05, 0.1) is 6.54 Å². The summed E-state index contributed by atoms with van der Waals surface area (Å²) in [5.74, 6) is -0.0666. The molecule has 0 N–H and O–H groups in total. The first kappa shape index (κ1) is 27.2. The lowest BCUT2D eigenvalue weighted by molar-refractivity contribution is -0.136. The molecule has 0 bridgehead atoms. The molecule has 4 rings (SSSR count). The van der Waals surface area contributed by atoms with E-state index in [-0.39, 0.29) is 30.4 Å². The monoisotopic (exact) mass is 563 g/mol. The Hall–Kier alpha value is -2.86. The smallest absolute Gasteiger partial charge is 0.254 e. The predicted octanol–water partition coefficient (Wildman–Crippen LogP) is 6.90. The SMILES string of the molecule is CCC(C)N(CC(=O)N(Cc1cccn1Cc1ccccc1)C1CCCCC1)C(=O)c1cccc(Br)c1. The number of halogens is 1. The summed E-state index contributed by atoms with van der Waals surface area (Å²) in [6.07, 6.45) is 8.44. The van der Waals surface area contributed by atoms with Crippen LogP contribution in [0.25, 0.3) is 0 Å². The van der Waals surface area contributed by atoms with Gasteiger partial charge in [0.25, 0.3) is 5.91 Å². The van der Waals surface area contributed by atoms with Gasteiger partial charge >= 0.3 is 0 Å². The third-order valence-electron chi connectivity index (χ3n) is 7.55. The molecule has 3 aromatic rings. The normalized spacial score (nSPS) is 14.8. The first-order valence-corrected chi connectivity index (χ1v) is 14.3.